The van der Waals surface area contributed by atoms with Gasteiger partial charge in [0, 0.05) is 12.8 Å². The zero-order valence-corrected chi connectivity index (χ0v) is 52.3. The monoisotopic (exact) mass is 1130 g/mol. The van der Waals surface area contributed by atoms with Gasteiger partial charge in [-0.05, 0) is 57.8 Å². The van der Waals surface area contributed by atoms with Crippen molar-refractivity contribution < 1.29 is 49.3 Å². The maximum Gasteiger partial charge on any atom is 0.305 e. The normalized spacial score (nSPS) is 18.4. The van der Waals surface area contributed by atoms with Crippen molar-refractivity contribution >= 4 is 11.9 Å². The van der Waals surface area contributed by atoms with Crippen molar-refractivity contribution in [2.24, 2.45) is 0 Å². The molecule has 0 aromatic carbocycles. The lowest BCUT2D eigenvalue weighted by atomic mass is 9.99. The van der Waals surface area contributed by atoms with E-state index in [2.05, 4.69) is 31.3 Å². The summed E-state index contributed by atoms with van der Waals surface area (Å²) in [7, 11) is 0. The third-order valence-corrected chi connectivity index (χ3v) is 16.6. The predicted molar refractivity (Wildman–Crippen MR) is 334 cm³/mol. The molecule has 0 aliphatic carbocycles. The van der Waals surface area contributed by atoms with E-state index in [9.17, 15) is 35.1 Å². The van der Waals surface area contributed by atoms with Gasteiger partial charge in [0.2, 0.25) is 5.91 Å². The fraction of sp³-hybridized carbons (Fsp3) is 0.913. The summed E-state index contributed by atoms with van der Waals surface area (Å²) in [4.78, 5) is 25.1. The van der Waals surface area contributed by atoms with Crippen LogP contribution in [0.1, 0.15) is 341 Å². The van der Waals surface area contributed by atoms with Gasteiger partial charge in [-0.3, -0.25) is 9.59 Å². The number of esters is 1. The molecule has 0 radical (unpaired) electrons. The van der Waals surface area contributed by atoms with E-state index < -0.39 is 49.5 Å². The highest BCUT2D eigenvalue weighted by atomic mass is 16.7. The maximum absolute atomic E-state index is 13.0. The minimum absolute atomic E-state index is 0.00869. The van der Waals surface area contributed by atoms with E-state index in [0.29, 0.717) is 19.4 Å². The van der Waals surface area contributed by atoms with Crippen molar-refractivity contribution in [2.75, 3.05) is 19.8 Å². The Hall–Kier alpha value is -1.86. The average molecular weight is 1130 g/mol. The molecule has 11 nitrogen and oxygen atoms in total. The maximum atomic E-state index is 13.0. The molecule has 0 saturated carbocycles. The van der Waals surface area contributed by atoms with Gasteiger partial charge >= 0.3 is 5.97 Å². The molecule has 80 heavy (non-hydrogen) atoms. The molecule has 1 heterocycles. The first-order valence-electron chi connectivity index (χ1n) is 34.6. The molecule has 1 saturated heterocycles. The van der Waals surface area contributed by atoms with Crippen LogP contribution in [0.2, 0.25) is 0 Å². The van der Waals surface area contributed by atoms with Crippen LogP contribution in [0.4, 0.5) is 0 Å². The SMILES string of the molecule is CCCCCCCCC/C=C/C(O)C(COC1OC(CO)C(O)C(O)C1O)NC(=O)CCCCCCCCCCCC/C=C\CCCCCCCCCCCCCCOC(=O)CCCCCCCCCCCCCCCCCCC. The van der Waals surface area contributed by atoms with Crippen molar-refractivity contribution in [3.05, 3.63) is 24.3 Å². The second-order valence-electron chi connectivity index (χ2n) is 24.2. The summed E-state index contributed by atoms with van der Waals surface area (Å²) in [6, 6.07) is -0.809. The Morgan fingerprint density at radius 1 is 0.450 bits per heavy atom. The summed E-state index contributed by atoms with van der Waals surface area (Å²) in [5.41, 5.74) is 0. The fourth-order valence-electron chi connectivity index (χ4n) is 11.1. The molecule has 1 aliphatic heterocycles. The number of aliphatic hydroxyl groups is 5. The van der Waals surface area contributed by atoms with Crippen LogP contribution in [0.5, 0.6) is 0 Å². The Balaban J connectivity index is 1.93. The molecule has 7 atom stereocenters. The second kappa shape index (κ2) is 58.9. The summed E-state index contributed by atoms with van der Waals surface area (Å²) in [6.07, 6.45) is 63.2. The number of nitrogens with one attached hydrogen (secondary N) is 1. The van der Waals surface area contributed by atoms with Crippen molar-refractivity contribution in [1.29, 1.82) is 0 Å². The molecule has 0 spiro atoms. The molecule has 0 bridgehead atoms. The Morgan fingerprint density at radius 2 is 0.800 bits per heavy atom. The standard InChI is InChI=1S/C69H131NO10/c1-3-5-7-9-11-13-14-15-16-27-31-34-37-41-45-49-53-57-65(74)78-58-54-50-46-42-38-35-32-29-26-24-22-20-18-17-19-21-23-25-28-30-33-36-40-44-48-52-56-64(73)70-61(62(72)55-51-47-43-39-12-10-8-6-4-2)60-79-69-68(77)67(76)66(75)63(59-71)80-69/h17,19,51,55,61-63,66-69,71-72,75-77H,3-16,18,20-50,52-54,56-60H2,1-2H3,(H,70,73)/b19-17-,55-51+. The lowest BCUT2D eigenvalue weighted by Crippen LogP contribution is -2.60. The Labute approximate surface area is 492 Å². The van der Waals surface area contributed by atoms with E-state index in [4.69, 9.17) is 14.2 Å². The van der Waals surface area contributed by atoms with Gasteiger partial charge in [0.25, 0.3) is 0 Å². The number of amides is 1. The molecule has 6 N–H and O–H groups in total. The van der Waals surface area contributed by atoms with Crippen LogP contribution in [0, 0.1) is 0 Å². The van der Waals surface area contributed by atoms with Crippen LogP contribution < -0.4 is 5.32 Å². The summed E-state index contributed by atoms with van der Waals surface area (Å²) in [5, 5.41) is 54.3. The third kappa shape index (κ3) is 47.5. The van der Waals surface area contributed by atoms with Gasteiger partial charge < -0.3 is 45.1 Å². The first kappa shape index (κ1) is 76.2. The highest BCUT2D eigenvalue weighted by molar-refractivity contribution is 5.76. The number of carbonyl (C=O) groups is 2. The molecule has 1 aliphatic rings. The van der Waals surface area contributed by atoms with Gasteiger partial charge in [0.15, 0.2) is 6.29 Å². The summed E-state index contributed by atoms with van der Waals surface area (Å²) >= 11 is 0. The molecule has 0 aromatic heterocycles. The zero-order chi connectivity index (χ0) is 58.0. The minimum atomic E-state index is -1.57. The lowest BCUT2D eigenvalue weighted by Gasteiger charge is -2.40. The van der Waals surface area contributed by atoms with Crippen molar-refractivity contribution in [1.82, 2.24) is 5.32 Å². The highest BCUT2D eigenvalue weighted by Crippen LogP contribution is 2.23. The number of aliphatic hydroxyl groups excluding tert-OH is 5. The number of hydrogen-bond acceptors (Lipinski definition) is 10. The van der Waals surface area contributed by atoms with E-state index >= 15 is 0 Å². The predicted octanol–water partition coefficient (Wildman–Crippen LogP) is 17.2. The second-order valence-corrected chi connectivity index (χ2v) is 24.2. The van der Waals surface area contributed by atoms with Crippen LogP contribution in [-0.2, 0) is 23.8 Å². The third-order valence-electron chi connectivity index (χ3n) is 16.6. The Morgan fingerprint density at radius 3 is 1.20 bits per heavy atom. The van der Waals surface area contributed by atoms with Gasteiger partial charge in [-0.25, -0.2) is 0 Å². The van der Waals surface area contributed by atoms with Crippen LogP contribution >= 0.6 is 0 Å². The van der Waals surface area contributed by atoms with Gasteiger partial charge in [0.1, 0.15) is 24.4 Å². The van der Waals surface area contributed by atoms with Gasteiger partial charge in [-0.2, -0.15) is 0 Å². The molecule has 7 unspecified atom stereocenters. The van der Waals surface area contributed by atoms with E-state index in [0.717, 1.165) is 57.8 Å². The van der Waals surface area contributed by atoms with Crippen LogP contribution in [-0.4, -0.2) is 100 Å². The quantitative estimate of drug-likeness (QED) is 0.0195. The summed E-state index contributed by atoms with van der Waals surface area (Å²) in [6.45, 7) is 4.35. The van der Waals surface area contributed by atoms with Gasteiger partial charge in [0.05, 0.1) is 32.0 Å². The smallest absolute Gasteiger partial charge is 0.305 e. The van der Waals surface area contributed by atoms with Crippen LogP contribution in [0.25, 0.3) is 0 Å². The van der Waals surface area contributed by atoms with Gasteiger partial charge in [-0.1, -0.05) is 295 Å². The Kier molecular flexibility index (Phi) is 56.1. The van der Waals surface area contributed by atoms with Crippen molar-refractivity contribution in [3.63, 3.8) is 0 Å². The van der Waals surface area contributed by atoms with Crippen molar-refractivity contribution in [2.45, 2.75) is 384 Å². The molecule has 472 valence electrons. The van der Waals surface area contributed by atoms with E-state index in [1.54, 1.807) is 6.08 Å². The fourth-order valence-corrected chi connectivity index (χ4v) is 11.1. The first-order valence-corrected chi connectivity index (χ1v) is 34.6. The van der Waals surface area contributed by atoms with Gasteiger partial charge in [-0.15, -0.1) is 0 Å². The number of ether oxygens (including phenoxy) is 3. The topological polar surface area (TPSA) is 175 Å². The number of carbonyl (C=O) groups excluding carboxylic acids is 2. The number of unbranched alkanes of at least 4 members (excludes halogenated alkanes) is 45. The van der Waals surface area contributed by atoms with Crippen LogP contribution in [0.3, 0.4) is 0 Å². The zero-order valence-electron chi connectivity index (χ0n) is 52.3. The molecule has 0 aromatic rings. The van der Waals surface area contributed by atoms with Crippen LogP contribution in [0.15, 0.2) is 24.3 Å². The molecule has 1 rings (SSSR count). The van der Waals surface area contributed by atoms with E-state index in [1.165, 1.54) is 257 Å². The highest BCUT2D eigenvalue weighted by Gasteiger charge is 2.44. The Bertz CT molecular complexity index is 1380. The molecule has 1 amide bonds. The lowest BCUT2D eigenvalue weighted by molar-refractivity contribution is -0.302. The number of hydrogen-bond donors (Lipinski definition) is 6. The summed E-state index contributed by atoms with van der Waals surface area (Å²) < 4.78 is 16.7. The van der Waals surface area contributed by atoms with E-state index in [1.807, 2.05) is 6.08 Å². The molecule has 11 heteroatoms. The van der Waals surface area contributed by atoms with E-state index in [-0.39, 0.29) is 18.5 Å². The molecular formula is C69H131NO10. The molecular weight excluding hydrogens is 1000 g/mol. The first-order chi connectivity index (χ1) is 39.2. The number of rotatable bonds is 61. The van der Waals surface area contributed by atoms with Crippen molar-refractivity contribution in [3.8, 4) is 0 Å². The number of allylic oxidation sites excluding steroid dienone is 3. The minimum Gasteiger partial charge on any atom is -0.466 e. The summed E-state index contributed by atoms with van der Waals surface area (Å²) in [5.74, 6) is -0.176. The average Bonchev–Trinajstić information content (AvgIpc) is 3.46. The largest absolute Gasteiger partial charge is 0.466 e. The molecule has 1 fully saturated rings.